The Labute approximate surface area is 147 Å². The third-order valence-corrected chi connectivity index (χ3v) is 4.89. The second-order valence-corrected chi connectivity index (χ2v) is 7.73. The first-order chi connectivity index (χ1) is 11.7. The lowest BCUT2D eigenvalue weighted by molar-refractivity contribution is -0.140. The van der Waals surface area contributed by atoms with Gasteiger partial charge < -0.3 is 10.4 Å². The minimum absolute atomic E-state index is 0.00614. The van der Waals surface area contributed by atoms with Crippen molar-refractivity contribution in [2.45, 2.75) is 44.1 Å². The molecule has 130 valence electrons. The van der Waals surface area contributed by atoms with E-state index < -0.39 is 11.5 Å². The van der Waals surface area contributed by atoms with Crippen LogP contribution in [-0.4, -0.2) is 22.5 Å². The summed E-state index contributed by atoms with van der Waals surface area (Å²) < 4.78 is 0. The molecule has 2 atom stereocenters. The van der Waals surface area contributed by atoms with E-state index in [1.165, 1.54) is 0 Å². The third kappa shape index (κ3) is 3.29. The molecule has 1 saturated carbocycles. The first-order valence-corrected chi connectivity index (χ1v) is 8.45. The Morgan fingerprint density at radius 2 is 1.64 bits per heavy atom. The van der Waals surface area contributed by atoms with E-state index in [1.807, 2.05) is 42.5 Å². The highest BCUT2D eigenvalue weighted by atomic mass is 16.4. The van der Waals surface area contributed by atoms with Crippen LogP contribution in [0.15, 0.2) is 54.6 Å². The summed E-state index contributed by atoms with van der Waals surface area (Å²) in [5, 5.41) is 12.4. The molecule has 3 rings (SSSR count). The Kier molecular flexibility index (Phi) is 4.15. The second kappa shape index (κ2) is 6.03. The number of carboxylic acid groups (broad SMARTS) is 1. The van der Waals surface area contributed by atoms with Gasteiger partial charge in [-0.3, -0.25) is 4.79 Å². The maximum atomic E-state index is 12.6. The van der Waals surface area contributed by atoms with Crippen molar-refractivity contribution in [3.05, 3.63) is 71.3 Å². The maximum Gasteiger partial charge on any atom is 0.330 e. The summed E-state index contributed by atoms with van der Waals surface area (Å²) in [4.78, 5) is 24.4. The molecule has 2 aromatic rings. The lowest BCUT2D eigenvalue weighted by atomic mass is 9.86. The van der Waals surface area contributed by atoms with E-state index in [0.717, 1.165) is 11.1 Å². The lowest BCUT2D eigenvalue weighted by Crippen LogP contribution is -2.44. The van der Waals surface area contributed by atoms with Crippen molar-refractivity contribution in [1.82, 2.24) is 5.32 Å². The largest absolute Gasteiger partial charge is 0.479 e. The number of benzene rings is 2. The molecule has 4 nitrogen and oxygen atoms in total. The topological polar surface area (TPSA) is 66.4 Å². The van der Waals surface area contributed by atoms with E-state index in [-0.39, 0.29) is 17.2 Å². The number of carboxylic acids is 1. The highest BCUT2D eigenvalue weighted by Crippen LogP contribution is 2.51. The Hall–Kier alpha value is -2.62. The van der Waals surface area contributed by atoms with E-state index in [4.69, 9.17) is 0 Å². The summed E-state index contributed by atoms with van der Waals surface area (Å²) >= 11 is 0. The number of rotatable bonds is 4. The van der Waals surface area contributed by atoms with Gasteiger partial charge in [-0.2, -0.15) is 0 Å². The van der Waals surface area contributed by atoms with Gasteiger partial charge >= 0.3 is 5.97 Å². The van der Waals surface area contributed by atoms with Crippen LogP contribution in [0.5, 0.6) is 0 Å². The van der Waals surface area contributed by atoms with Crippen molar-refractivity contribution in [3.8, 4) is 0 Å². The van der Waals surface area contributed by atoms with Crippen molar-refractivity contribution in [2.24, 2.45) is 0 Å². The van der Waals surface area contributed by atoms with Crippen LogP contribution in [0.2, 0.25) is 0 Å². The van der Waals surface area contributed by atoms with Crippen LogP contribution in [0.3, 0.4) is 0 Å². The fourth-order valence-electron chi connectivity index (χ4n) is 3.18. The van der Waals surface area contributed by atoms with Crippen LogP contribution >= 0.6 is 0 Å². The molecule has 0 aromatic heterocycles. The fourth-order valence-corrected chi connectivity index (χ4v) is 3.18. The molecule has 1 fully saturated rings. The van der Waals surface area contributed by atoms with Gasteiger partial charge in [-0.15, -0.1) is 0 Å². The van der Waals surface area contributed by atoms with Gasteiger partial charge in [0.2, 0.25) is 0 Å². The monoisotopic (exact) mass is 337 g/mol. The van der Waals surface area contributed by atoms with E-state index in [9.17, 15) is 14.7 Å². The molecule has 0 bridgehead atoms. The highest BCUT2D eigenvalue weighted by Gasteiger charge is 2.62. The average molecular weight is 337 g/mol. The van der Waals surface area contributed by atoms with Gasteiger partial charge in [0.05, 0.1) is 0 Å². The molecule has 4 heteroatoms. The maximum absolute atomic E-state index is 12.6. The molecule has 0 saturated heterocycles. The molecule has 2 N–H and O–H groups in total. The Balaban J connectivity index is 1.78. The van der Waals surface area contributed by atoms with Gasteiger partial charge in [-0.05, 0) is 35.1 Å². The smallest absolute Gasteiger partial charge is 0.330 e. The first kappa shape index (κ1) is 17.2. The number of nitrogens with one attached hydrogen (secondary N) is 1. The summed E-state index contributed by atoms with van der Waals surface area (Å²) in [6.07, 6.45) is 0.415. The van der Waals surface area contributed by atoms with Crippen molar-refractivity contribution >= 4 is 11.9 Å². The van der Waals surface area contributed by atoms with Crippen molar-refractivity contribution in [2.75, 3.05) is 0 Å². The molecule has 0 spiro atoms. The molecular formula is C21H23NO3. The zero-order valence-electron chi connectivity index (χ0n) is 14.7. The summed E-state index contributed by atoms with van der Waals surface area (Å²) in [7, 11) is 0. The SMILES string of the molecule is CC(C)(C)c1ccc(C(=O)NC2(C(=O)O)CC2c2ccccc2)cc1. The van der Waals surface area contributed by atoms with Crippen molar-refractivity contribution in [3.63, 3.8) is 0 Å². The van der Waals surface area contributed by atoms with Gasteiger partial charge in [0.1, 0.15) is 5.54 Å². The van der Waals surface area contributed by atoms with Crippen LogP contribution in [0.4, 0.5) is 0 Å². The highest BCUT2D eigenvalue weighted by molar-refractivity contribution is 5.99. The zero-order chi connectivity index (χ0) is 18.2. The number of carbonyl (C=O) groups is 2. The normalized spacial score (nSPS) is 22.3. The van der Waals surface area contributed by atoms with Crippen molar-refractivity contribution in [1.29, 1.82) is 0 Å². The summed E-state index contributed by atoms with van der Waals surface area (Å²) in [5.74, 6) is -1.52. The van der Waals surface area contributed by atoms with Crippen LogP contribution in [0.1, 0.15) is 54.6 Å². The van der Waals surface area contributed by atoms with E-state index in [1.54, 1.807) is 12.1 Å². The summed E-state index contributed by atoms with van der Waals surface area (Å²) in [6, 6.07) is 16.8. The molecule has 1 aliphatic rings. The minimum Gasteiger partial charge on any atom is -0.479 e. The van der Waals surface area contributed by atoms with Crippen LogP contribution in [0.25, 0.3) is 0 Å². The lowest BCUT2D eigenvalue weighted by Gasteiger charge is -2.19. The quantitative estimate of drug-likeness (QED) is 0.893. The van der Waals surface area contributed by atoms with Gasteiger partial charge in [0.25, 0.3) is 5.91 Å². The molecule has 25 heavy (non-hydrogen) atoms. The standard InChI is InChI=1S/C21H23NO3/c1-20(2,3)16-11-9-15(10-12-16)18(23)22-21(19(24)25)13-17(21)14-7-5-4-6-8-14/h4-12,17H,13H2,1-3H3,(H,22,23)(H,24,25). The summed E-state index contributed by atoms with van der Waals surface area (Å²) in [6.45, 7) is 6.32. The van der Waals surface area contributed by atoms with Crippen LogP contribution < -0.4 is 5.32 Å². The average Bonchev–Trinajstić information content (AvgIpc) is 3.31. The molecule has 2 unspecified atom stereocenters. The first-order valence-electron chi connectivity index (χ1n) is 8.45. The van der Waals surface area contributed by atoms with E-state index >= 15 is 0 Å². The van der Waals surface area contributed by atoms with E-state index in [0.29, 0.717) is 12.0 Å². The summed E-state index contributed by atoms with van der Waals surface area (Å²) in [5.41, 5.74) is 1.35. The fraction of sp³-hybridized carbons (Fsp3) is 0.333. The van der Waals surface area contributed by atoms with Gasteiger partial charge in [0.15, 0.2) is 0 Å². The Morgan fingerprint density at radius 1 is 1.04 bits per heavy atom. The molecule has 1 amide bonds. The molecule has 0 aliphatic heterocycles. The molecule has 0 radical (unpaired) electrons. The molecule has 0 heterocycles. The second-order valence-electron chi connectivity index (χ2n) is 7.73. The Morgan fingerprint density at radius 3 is 2.16 bits per heavy atom. The van der Waals surface area contributed by atoms with Gasteiger partial charge in [-0.1, -0.05) is 63.2 Å². The number of aliphatic carboxylic acids is 1. The number of carbonyl (C=O) groups excluding carboxylic acids is 1. The molecule has 2 aromatic carbocycles. The Bertz CT molecular complexity index is 790. The molecule has 1 aliphatic carbocycles. The number of amides is 1. The molecular weight excluding hydrogens is 314 g/mol. The third-order valence-electron chi connectivity index (χ3n) is 4.89. The number of hydrogen-bond donors (Lipinski definition) is 2. The zero-order valence-corrected chi connectivity index (χ0v) is 14.7. The number of hydrogen-bond acceptors (Lipinski definition) is 2. The van der Waals surface area contributed by atoms with Crippen molar-refractivity contribution < 1.29 is 14.7 Å². The minimum atomic E-state index is -1.21. The van der Waals surface area contributed by atoms with E-state index in [2.05, 4.69) is 26.1 Å². The van der Waals surface area contributed by atoms with Gasteiger partial charge in [0, 0.05) is 11.5 Å². The van der Waals surface area contributed by atoms with Crippen LogP contribution in [0, 0.1) is 0 Å². The predicted molar refractivity (Wildman–Crippen MR) is 96.8 cm³/mol. The predicted octanol–water partition coefficient (Wildman–Crippen LogP) is 3.72. The van der Waals surface area contributed by atoms with Gasteiger partial charge in [-0.25, -0.2) is 4.79 Å². The van der Waals surface area contributed by atoms with Crippen LogP contribution in [-0.2, 0) is 10.2 Å².